The van der Waals surface area contributed by atoms with E-state index in [0.717, 1.165) is 24.9 Å². The van der Waals surface area contributed by atoms with Crippen molar-refractivity contribution in [2.75, 3.05) is 61.0 Å². The summed E-state index contributed by atoms with van der Waals surface area (Å²) in [5.74, 6) is -0.553. The van der Waals surface area contributed by atoms with Crippen LogP contribution in [0, 0.1) is 11.8 Å². The van der Waals surface area contributed by atoms with Crippen molar-refractivity contribution in [1.82, 2.24) is 25.3 Å². The largest absolute Gasteiger partial charge is 0.493 e. The third-order valence-electron chi connectivity index (χ3n) is 11.8. The maximum atomic E-state index is 14.3. The number of guanidine groups is 1. The molecule has 1 aromatic rings. The highest BCUT2D eigenvalue weighted by Gasteiger charge is 2.62. The van der Waals surface area contributed by atoms with Crippen molar-refractivity contribution in [2.24, 2.45) is 28.3 Å². The Kier molecular flexibility index (Phi) is 11.7. The van der Waals surface area contributed by atoms with Gasteiger partial charge in [-0.25, -0.2) is 4.79 Å². The highest BCUT2D eigenvalue weighted by Crippen LogP contribution is 2.62. The fourth-order valence-electron chi connectivity index (χ4n) is 9.05. The molecule has 55 heavy (non-hydrogen) atoms. The monoisotopic (exact) mass is 762 g/mol. The third kappa shape index (κ3) is 7.86. The summed E-state index contributed by atoms with van der Waals surface area (Å²) in [7, 11) is 7.15. The Morgan fingerprint density at radius 3 is 2.62 bits per heavy atom. The highest BCUT2D eigenvalue weighted by molar-refractivity contribution is 5.90. The summed E-state index contributed by atoms with van der Waals surface area (Å²) in [4.78, 5) is 74.7. The number of nitrogens with one attached hydrogen (secondary N) is 2. The number of aliphatic imine (C=N–C) groups is 1. The van der Waals surface area contributed by atoms with Crippen molar-refractivity contribution in [1.29, 1.82) is 0 Å². The number of benzene rings is 1. The minimum absolute atomic E-state index is 0.0302. The number of piperidine rings is 2. The second-order valence-electron chi connectivity index (χ2n) is 15.5. The lowest BCUT2D eigenvalue weighted by Gasteiger charge is -2.52. The average Bonchev–Trinajstić information content (AvgIpc) is 3.51. The molecule has 6 atom stereocenters. The first kappa shape index (κ1) is 39.6. The Balaban J connectivity index is 1.21. The number of hydrogen-bond acceptors (Lipinski definition) is 10. The quantitative estimate of drug-likeness (QED) is 0.119. The highest BCUT2D eigenvalue weighted by atomic mass is 16.6. The van der Waals surface area contributed by atoms with Crippen LogP contribution in [0.4, 0.5) is 4.79 Å². The second-order valence-corrected chi connectivity index (χ2v) is 15.5. The first-order valence-corrected chi connectivity index (χ1v) is 19.0. The first-order chi connectivity index (χ1) is 26.2. The van der Waals surface area contributed by atoms with Crippen LogP contribution in [0.5, 0.6) is 11.5 Å². The van der Waals surface area contributed by atoms with Gasteiger partial charge in [0.15, 0.2) is 35.1 Å². The number of nitrogens with two attached hydrogens (primary N) is 2. The molecule has 2 saturated heterocycles. The summed E-state index contributed by atoms with van der Waals surface area (Å²) >= 11 is 0. The molecule has 3 unspecified atom stereocenters. The number of carbonyl (C=O) groups excluding carboxylic acids is 5. The molecule has 1 aromatic carbocycles. The van der Waals surface area contributed by atoms with Gasteiger partial charge in [-0.3, -0.25) is 29.1 Å². The fourth-order valence-corrected chi connectivity index (χ4v) is 9.05. The molecule has 1 spiro atoms. The molecule has 2 bridgehead atoms. The summed E-state index contributed by atoms with van der Waals surface area (Å²) in [6, 6.07) is 3.66. The number of ether oxygens (including phenoxy) is 3. The van der Waals surface area contributed by atoms with Gasteiger partial charge < -0.3 is 46.1 Å². The van der Waals surface area contributed by atoms with Gasteiger partial charge in [0, 0.05) is 70.5 Å². The van der Waals surface area contributed by atoms with E-state index in [1.807, 2.05) is 12.1 Å². The molecule has 2 fully saturated rings. The maximum absolute atomic E-state index is 14.3. The zero-order valence-corrected chi connectivity index (χ0v) is 32.4. The minimum atomic E-state index is -0.733. The molecule has 16 nitrogen and oxygen atoms in total. The van der Waals surface area contributed by atoms with E-state index in [9.17, 15) is 24.0 Å². The van der Waals surface area contributed by atoms with E-state index >= 15 is 0 Å². The Morgan fingerprint density at radius 2 is 1.91 bits per heavy atom. The molecule has 0 radical (unpaired) electrons. The van der Waals surface area contributed by atoms with Crippen molar-refractivity contribution >= 4 is 35.6 Å². The van der Waals surface area contributed by atoms with Gasteiger partial charge in [-0.15, -0.1) is 0 Å². The Bertz CT molecular complexity index is 1800. The van der Waals surface area contributed by atoms with Gasteiger partial charge in [0.25, 0.3) is 0 Å². The fraction of sp³-hybridized carbons (Fsp3) is 0.590. The minimum Gasteiger partial charge on any atom is -0.493 e. The van der Waals surface area contributed by atoms with Crippen LogP contribution < -0.4 is 31.6 Å². The number of allylic oxidation sites excluding steroid dienone is 2. The van der Waals surface area contributed by atoms with Crippen LogP contribution in [0.25, 0.3) is 0 Å². The lowest BCUT2D eigenvalue weighted by Crippen LogP contribution is -2.59. The Morgan fingerprint density at radius 1 is 1.13 bits per heavy atom. The van der Waals surface area contributed by atoms with Crippen LogP contribution in [0.1, 0.15) is 56.6 Å². The predicted octanol–water partition coefficient (Wildman–Crippen LogP) is 0.965. The molecule has 6 N–H and O–H groups in total. The van der Waals surface area contributed by atoms with Crippen molar-refractivity contribution in [3.05, 3.63) is 46.7 Å². The number of methoxy groups -OCH3 is 1. The van der Waals surface area contributed by atoms with E-state index in [4.69, 9.17) is 25.7 Å². The number of nitrogens with zero attached hydrogens (tertiary/aromatic N) is 4. The van der Waals surface area contributed by atoms with E-state index in [0.29, 0.717) is 42.9 Å². The number of carbonyl (C=O) groups is 5. The number of hydrogen-bond donors (Lipinski definition) is 4. The van der Waals surface area contributed by atoms with Gasteiger partial charge in [-0.1, -0.05) is 12.1 Å². The normalized spacial score (nSPS) is 25.2. The summed E-state index contributed by atoms with van der Waals surface area (Å²) in [6.45, 7) is 2.51. The lowest BCUT2D eigenvalue weighted by molar-refractivity contribution is -0.135. The summed E-state index contributed by atoms with van der Waals surface area (Å²) < 4.78 is 18.8. The summed E-state index contributed by atoms with van der Waals surface area (Å²) in [5, 5.41) is 5.44. The Labute approximate surface area is 321 Å². The van der Waals surface area contributed by atoms with Gasteiger partial charge in [-0.05, 0) is 75.4 Å². The zero-order chi connectivity index (χ0) is 39.6. The number of likely N-dealkylation sites (tertiary alicyclic amines) is 2. The summed E-state index contributed by atoms with van der Waals surface area (Å²) in [6.07, 6.45) is 5.76. The average molecular weight is 763 g/mol. The number of ketones is 1. The number of amides is 4. The van der Waals surface area contributed by atoms with Crippen LogP contribution in [0.15, 0.2) is 40.6 Å². The van der Waals surface area contributed by atoms with Gasteiger partial charge >= 0.3 is 6.09 Å². The van der Waals surface area contributed by atoms with Crippen molar-refractivity contribution in [3.63, 3.8) is 0 Å². The Hall–Kier alpha value is -5.12. The van der Waals surface area contributed by atoms with Crippen LogP contribution in [0.3, 0.4) is 0 Å². The van der Waals surface area contributed by atoms with E-state index < -0.39 is 35.5 Å². The van der Waals surface area contributed by atoms with Crippen molar-refractivity contribution in [2.45, 2.75) is 75.5 Å². The smallest absolute Gasteiger partial charge is 0.415 e. The topological polar surface area (TPSA) is 211 Å². The molecule has 4 amide bonds. The van der Waals surface area contributed by atoms with Gasteiger partial charge in [0.1, 0.15) is 0 Å². The first-order valence-electron chi connectivity index (χ1n) is 19.0. The number of Topliss-reactive ketones (excluding diaryl/α,β-unsaturated/α-hetero) is 1. The molecule has 0 saturated carbocycles. The molecule has 16 heteroatoms. The SMILES string of the molecule is COc1ccc2c3c1OC1C(OC(=O)N4CCC(C(=O)N(C)C)CC4CNC(=O)[C@H](CCCN=C(N)N)CC(=O)CNC(C)=O)=CC=C4[C@@H](C2)N(C)CC[C@]431. The van der Waals surface area contributed by atoms with Crippen LogP contribution in [-0.4, -0.2) is 129 Å². The van der Waals surface area contributed by atoms with Crippen molar-refractivity contribution in [3.8, 4) is 11.5 Å². The maximum Gasteiger partial charge on any atom is 0.415 e. The summed E-state index contributed by atoms with van der Waals surface area (Å²) in [5.41, 5.74) is 14.0. The van der Waals surface area contributed by atoms with Gasteiger partial charge in [-0.2, -0.15) is 0 Å². The third-order valence-corrected chi connectivity index (χ3v) is 11.8. The zero-order valence-electron chi connectivity index (χ0n) is 32.4. The van der Waals surface area contributed by atoms with E-state index in [1.54, 1.807) is 26.1 Å². The standard InChI is InChI=1S/C39H54N8O8/c1-22(48)43-21-27(49)18-24(7-6-14-42-37(40)41)35(50)44-20-26-17-25(36(51)45(2)3)12-15-47(26)38(52)54-31-11-9-28-29-19-23-8-10-30(53-5)33-32(23)39(28,34(31)55-33)13-16-46(29)4/h8-11,24-26,29,34H,6-7,12-21H2,1-5H3,(H,43,48)(H,44,50)(H4,40,41,42)/t24-,25?,26?,29-,34?,39+/m1/s1. The molecule has 3 heterocycles. The van der Waals surface area contributed by atoms with E-state index in [-0.39, 0.29) is 68.1 Å². The lowest BCUT2D eigenvalue weighted by atomic mass is 9.57. The number of rotatable bonds is 14. The molecular weight excluding hydrogens is 708 g/mol. The van der Waals surface area contributed by atoms with Crippen LogP contribution in [-0.2, 0) is 35.8 Å². The van der Waals surface area contributed by atoms with E-state index in [2.05, 4.69) is 39.7 Å². The van der Waals surface area contributed by atoms with E-state index in [1.165, 1.54) is 23.0 Å². The number of likely N-dealkylation sites (N-methyl/N-ethyl adjacent to an activating group) is 1. The molecule has 0 aromatic heterocycles. The molecule has 298 valence electrons. The van der Waals surface area contributed by atoms with Gasteiger partial charge in [0.05, 0.1) is 25.1 Å². The van der Waals surface area contributed by atoms with Crippen molar-refractivity contribution < 1.29 is 38.2 Å². The molecular formula is C39H54N8O8. The molecule has 2 aliphatic carbocycles. The van der Waals surface area contributed by atoms with Gasteiger partial charge in [0.2, 0.25) is 17.7 Å². The predicted molar refractivity (Wildman–Crippen MR) is 203 cm³/mol. The molecule has 5 aliphatic rings. The van der Waals surface area contributed by atoms with Crippen LogP contribution >= 0.6 is 0 Å². The second kappa shape index (κ2) is 16.3. The molecule has 6 rings (SSSR count). The molecule has 3 aliphatic heterocycles. The van der Waals surface area contributed by atoms with Crippen LogP contribution in [0.2, 0.25) is 0 Å².